The highest BCUT2D eigenvalue weighted by Gasteiger charge is 2.40. The quantitative estimate of drug-likeness (QED) is 0.685. The van der Waals surface area contributed by atoms with Crippen LogP contribution in [0.1, 0.15) is 24.2 Å². The SMILES string of the molecule is C[C@H](NC(=O)C(F)(F)F)[C@@H](O)c1ccc(OCc2ccccc2)c(N)c1. The number of hydrogen-bond donors (Lipinski definition) is 3. The van der Waals surface area contributed by atoms with Crippen LogP contribution in [-0.2, 0) is 11.4 Å². The molecule has 0 bridgehead atoms. The first-order chi connectivity index (χ1) is 12.2. The molecule has 0 aliphatic heterocycles. The van der Waals surface area contributed by atoms with Crippen molar-refractivity contribution in [2.45, 2.75) is 31.9 Å². The Kier molecular flexibility index (Phi) is 6.10. The number of anilines is 1. The van der Waals surface area contributed by atoms with Gasteiger partial charge in [-0.2, -0.15) is 13.2 Å². The number of ether oxygens (including phenoxy) is 1. The Bertz CT molecular complexity index is 751. The molecule has 5 nitrogen and oxygen atoms in total. The molecule has 4 N–H and O–H groups in total. The third kappa shape index (κ3) is 5.13. The highest BCUT2D eigenvalue weighted by molar-refractivity contribution is 5.82. The molecule has 2 aromatic rings. The van der Waals surface area contributed by atoms with Crippen LogP contribution in [0.25, 0.3) is 0 Å². The molecule has 26 heavy (non-hydrogen) atoms. The lowest BCUT2D eigenvalue weighted by Crippen LogP contribution is -2.44. The topological polar surface area (TPSA) is 84.6 Å². The summed E-state index contributed by atoms with van der Waals surface area (Å²) in [5.74, 6) is -1.73. The van der Waals surface area contributed by atoms with Gasteiger partial charge < -0.3 is 20.9 Å². The number of benzene rings is 2. The van der Waals surface area contributed by atoms with Crippen molar-refractivity contribution in [1.82, 2.24) is 5.32 Å². The number of halogens is 3. The van der Waals surface area contributed by atoms with Gasteiger partial charge in [-0.1, -0.05) is 36.4 Å². The molecule has 0 fully saturated rings. The molecule has 140 valence electrons. The zero-order valence-electron chi connectivity index (χ0n) is 14.0. The van der Waals surface area contributed by atoms with E-state index in [0.717, 1.165) is 5.56 Å². The van der Waals surface area contributed by atoms with Crippen molar-refractivity contribution in [3.8, 4) is 5.75 Å². The molecule has 1 amide bonds. The summed E-state index contributed by atoms with van der Waals surface area (Å²) in [6.45, 7) is 1.56. The molecule has 8 heteroatoms. The zero-order chi connectivity index (χ0) is 19.3. The van der Waals surface area contributed by atoms with E-state index in [1.165, 1.54) is 25.1 Å². The Morgan fingerprint density at radius 2 is 1.88 bits per heavy atom. The van der Waals surface area contributed by atoms with Crippen LogP contribution in [0.15, 0.2) is 48.5 Å². The van der Waals surface area contributed by atoms with E-state index in [1.54, 1.807) is 5.32 Å². The van der Waals surface area contributed by atoms with Crippen LogP contribution in [0.3, 0.4) is 0 Å². The van der Waals surface area contributed by atoms with Crippen LogP contribution in [0.4, 0.5) is 18.9 Å². The van der Waals surface area contributed by atoms with Crippen molar-refractivity contribution in [3.05, 3.63) is 59.7 Å². The van der Waals surface area contributed by atoms with Gasteiger partial charge in [-0.05, 0) is 30.2 Å². The number of nitrogen functional groups attached to an aromatic ring is 1. The van der Waals surface area contributed by atoms with E-state index in [4.69, 9.17) is 10.5 Å². The van der Waals surface area contributed by atoms with Gasteiger partial charge in [-0.15, -0.1) is 0 Å². The predicted molar refractivity (Wildman–Crippen MR) is 90.2 cm³/mol. The number of amides is 1. The molecule has 0 aliphatic rings. The second kappa shape index (κ2) is 8.09. The second-order valence-corrected chi connectivity index (χ2v) is 5.78. The molecular weight excluding hydrogens is 349 g/mol. The number of rotatable bonds is 6. The minimum Gasteiger partial charge on any atom is -0.487 e. The van der Waals surface area contributed by atoms with Gasteiger partial charge in [-0.3, -0.25) is 4.79 Å². The van der Waals surface area contributed by atoms with E-state index in [9.17, 15) is 23.1 Å². The van der Waals surface area contributed by atoms with Crippen molar-refractivity contribution in [2.75, 3.05) is 5.73 Å². The van der Waals surface area contributed by atoms with Crippen LogP contribution in [-0.4, -0.2) is 23.2 Å². The molecule has 0 saturated carbocycles. The Morgan fingerprint density at radius 3 is 2.46 bits per heavy atom. The first-order valence-electron chi connectivity index (χ1n) is 7.80. The van der Waals surface area contributed by atoms with Crippen molar-refractivity contribution < 1.29 is 27.8 Å². The minimum atomic E-state index is -5.01. The number of carbonyl (C=O) groups excluding carboxylic acids is 1. The number of nitrogens with one attached hydrogen (secondary N) is 1. The first-order valence-corrected chi connectivity index (χ1v) is 7.80. The molecule has 2 atom stereocenters. The van der Waals surface area contributed by atoms with E-state index in [0.29, 0.717) is 12.4 Å². The second-order valence-electron chi connectivity index (χ2n) is 5.78. The maximum absolute atomic E-state index is 12.3. The maximum atomic E-state index is 12.3. The van der Waals surface area contributed by atoms with Gasteiger partial charge in [0.05, 0.1) is 17.8 Å². The van der Waals surface area contributed by atoms with Crippen molar-refractivity contribution >= 4 is 11.6 Å². The van der Waals surface area contributed by atoms with Gasteiger partial charge in [-0.25, -0.2) is 0 Å². The molecule has 0 saturated heterocycles. The van der Waals surface area contributed by atoms with Crippen LogP contribution in [0.5, 0.6) is 5.75 Å². The van der Waals surface area contributed by atoms with Crippen molar-refractivity contribution in [2.24, 2.45) is 0 Å². The van der Waals surface area contributed by atoms with E-state index in [-0.39, 0.29) is 11.3 Å². The molecule has 0 spiro atoms. The first kappa shape index (κ1) is 19.6. The molecular formula is C18H19F3N2O3. The average Bonchev–Trinajstić information content (AvgIpc) is 2.60. The number of aliphatic hydroxyl groups is 1. The average molecular weight is 368 g/mol. The van der Waals surface area contributed by atoms with E-state index < -0.39 is 24.2 Å². The fourth-order valence-corrected chi connectivity index (χ4v) is 2.27. The summed E-state index contributed by atoms with van der Waals surface area (Å²) in [6.07, 6.45) is -6.37. The summed E-state index contributed by atoms with van der Waals surface area (Å²) < 4.78 is 42.5. The number of hydrogen-bond acceptors (Lipinski definition) is 4. The van der Waals surface area contributed by atoms with Gasteiger partial charge in [0.25, 0.3) is 0 Å². The van der Waals surface area contributed by atoms with Crippen LogP contribution >= 0.6 is 0 Å². The van der Waals surface area contributed by atoms with Crippen LogP contribution in [0, 0.1) is 0 Å². The standard InChI is InChI=1S/C18H19F3N2O3/c1-11(23-17(25)18(19,20)21)16(24)13-7-8-15(14(22)9-13)26-10-12-5-3-2-4-6-12/h2-9,11,16,24H,10,22H2,1H3,(H,23,25)/t11-,16+/m0/s1. The van der Waals surface area contributed by atoms with Gasteiger partial charge >= 0.3 is 12.1 Å². The van der Waals surface area contributed by atoms with E-state index in [2.05, 4.69) is 0 Å². The summed E-state index contributed by atoms with van der Waals surface area (Å²) in [5, 5.41) is 11.9. The molecule has 2 rings (SSSR count). The van der Waals surface area contributed by atoms with Crippen molar-refractivity contribution in [1.29, 1.82) is 0 Å². The van der Waals surface area contributed by atoms with Gasteiger partial charge in [0, 0.05) is 0 Å². The van der Waals surface area contributed by atoms with E-state index in [1.807, 2.05) is 30.3 Å². The summed E-state index contributed by atoms with van der Waals surface area (Å²) in [7, 11) is 0. The summed E-state index contributed by atoms with van der Waals surface area (Å²) in [5.41, 5.74) is 7.33. The fourth-order valence-electron chi connectivity index (χ4n) is 2.27. The Balaban J connectivity index is 2.02. The fraction of sp³-hybridized carbons (Fsp3) is 0.278. The monoisotopic (exact) mass is 368 g/mol. The summed E-state index contributed by atoms with van der Waals surface area (Å²) in [4.78, 5) is 11.0. The Morgan fingerprint density at radius 1 is 1.23 bits per heavy atom. The zero-order valence-corrected chi connectivity index (χ0v) is 14.0. The predicted octanol–water partition coefficient (Wildman–Crippen LogP) is 2.95. The number of alkyl halides is 3. The van der Waals surface area contributed by atoms with Crippen LogP contribution < -0.4 is 15.8 Å². The molecule has 0 radical (unpaired) electrons. The third-order valence-corrected chi connectivity index (χ3v) is 3.70. The van der Waals surface area contributed by atoms with Gasteiger partial charge in [0.1, 0.15) is 12.4 Å². The number of carbonyl (C=O) groups is 1. The molecule has 0 unspecified atom stereocenters. The summed E-state index contributed by atoms with van der Waals surface area (Å²) in [6, 6.07) is 12.7. The van der Waals surface area contributed by atoms with Crippen molar-refractivity contribution in [3.63, 3.8) is 0 Å². The normalized spacial score (nSPS) is 13.7. The lowest BCUT2D eigenvalue weighted by Gasteiger charge is -2.22. The Labute approximate surface area is 148 Å². The van der Waals surface area contributed by atoms with Crippen LogP contribution in [0.2, 0.25) is 0 Å². The third-order valence-electron chi connectivity index (χ3n) is 3.70. The van der Waals surface area contributed by atoms with E-state index >= 15 is 0 Å². The molecule has 0 aliphatic carbocycles. The molecule has 0 heterocycles. The highest BCUT2D eigenvalue weighted by Crippen LogP contribution is 2.28. The lowest BCUT2D eigenvalue weighted by molar-refractivity contribution is -0.175. The Hall–Kier alpha value is -2.74. The van der Waals surface area contributed by atoms with Gasteiger partial charge in [0.2, 0.25) is 0 Å². The number of nitrogens with two attached hydrogens (primary N) is 1. The highest BCUT2D eigenvalue weighted by atomic mass is 19.4. The summed E-state index contributed by atoms with van der Waals surface area (Å²) >= 11 is 0. The smallest absolute Gasteiger partial charge is 0.471 e. The maximum Gasteiger partial charge on any atom is 0.471 e. The minimum absolute atomic E-state index is 0.229. The largest absolute Gasteiger partial charge is 0.487 e. The number of aliphatic hydroxyl groups excluding tert-OH is 1. The lowest BCUT2D eigenvalue weighted by atomic mass is 10.0. The molecule has 0 aromatic heterocycles. The molecule has 2 aromatic carbocycles. The van der Waals surface area contributed by atoms with Gasteiger partial charge in [0.15, 0.2) is 0 Å².